The number of anilines is 1. The summed E-state index contributed by atoms with van der Waals surface area (Å²) in [6, 6.07) is 6.35. The number of nitrogens with zero attached hydrogens (tertiary/aromatic N) is 2. The highest BCUT2D eigenvalue weighted by Crippen LogP contribution is 2.30. The van der Waals surface area contributed by atoms with Crippen LogP contribution < -0.4 is 4.90 Å². The summed E-state index contributed by atoms with van der Waals surface area (Å²) in [6.07, 6.45) is 3.45. The Kier molecular flexibility index (Phi) is 3.27. The van der Waals surface area contributed by atoms with Crippen molar-refractivity contribution in [3.63, 3.8) is 0 Å². The Labute approximate surface area is 112 Å². The SMILES string of the molecule is O=Cc1c(Cl)cccc1N1CCN2CCCC2C1. The average molecular weight is 265 g/mol. The van der Waals surface area contributed by atoms with Crippen molar-refractivity contribution in [3.8, 4) is 0 Å². The number of carbonyl (C=O) groups is 1. The smallest absolute Gasteiger partial charge is 0.153 e. The Morgan fingerprint density at radius 2 is 2.17 bits per heavy atom. The van der Waals surface area contributed by atoms with Crippen LogP contribution in [0.25, 0.3) is 0 Å². The molecule has 1 atom stereocenters. The van der Waals surface area contributed by atoms with Gasteiger partial charge in [-0.05, 0) is 31.5 Å². The molecule has 1 unspecified atom stereocenters. The van der Waals surface area contributed by atoms with Gasteiger partial charge in [-0.25, -0.2) is 0 Å². The fraction of sp³-hybridized carbons (Fsp3) is 0.500. The minimum atomic E-state index is 0.552. The number of aldehydes is 1. The van der Waals surface area contributed by atoms with Crippen molar-refractivity contribution < 1.29 is 4.79 Å². The molecule has 4 heteroatoms. The molecule has 0 amide bonds. The van der Waals surface area contributed by atoms with Crippen molar-refractivity contribution in [3.05, 3.63) is 28.8 Å². The van der Waals surface area contributed by atoms with Gasteiger partial charge in [0.1, 0.15) is 0 Å². The van der Waals surface area contributed by atoms with Gasteiger partial charge in [0.05, 0.1) is 10.6 Å². The molecule has 1 aromatic rings. The van der Waals surface area contributed by atoms with Gasteiger partial charge in [-0.15, -0.1) is 0 Å². The van der Waals surface area contributed by atoms with Gasteiger partial charge in [0.15, 0.2) is 6.29 Å². The van der Waals surface area contributed by atoms with Gasteiger partial charge >= 0.3 is 0 Å². The molecule has 2 aliphatic heterocycles. The van der Waals surface area contributed by atoms with E-state index in [1.54, 1.807) is 6.07 Å². The van der Waals surface area contributed by atoms with Crippen LogP contribution in [-0.4, -0.2) is 43.4 Å². The number of fused-ring (bicyclic) bond motifs is 1. The van der Waals surface area contributed by atoms with Gasteiger partial charge in [0, 0.05) is 31.4 Å². The van der Waals surface area contributed by atoms with E-state index in [0.29, 0.717) is 16.6 Å². The van der Waals surface area contributed by atoms with Crippen molar-refractivity contribution in [1.29, 1.82) is 0 Å². The number of piperazine rings is 1. The summed E-state index contributed by atoms with van der Waals surface area (Å²) in [7, 11) is 0. The Morgan fingerprint density at radius 1 is 1.28 bits per heavy atom. The summed E-state index contributed by atoms with van der Waals surface area (Å²) < 4.78 is 0. The molecule has 0 spiro atoms. The van der Waals surface area contributed by atoms with Crippen LogP contribution in [0.5, 0.6) is 0 Å². The highest BCUT2D eigenvalue weighted by molar-refractivity contribution is 6.33. The van der Waals surface area contributed by atoms with Crippen LogP contribution in [0.4, 0.5) is 5.69 Å². The summed E-state index contributed by atoms with van der Waals surface area (Å²) in [5, 5.41) is 0.552. The normalized spacial score (nSPS) is 24.1. The molecule has 0 radical (unpaired) electrons. The minimum Gasteiger partial charge on any atom is -0.368 e. The molecule has 2 aliphatic rings. The fourth-order valence-corrected chi connectivity index (χ4v) is 3.34. The lowest BCUT2D eigenvalue weighted by Crippen LogP contribution is -2.50. The summed E-state index contributed by atoms with van der Waals surface area (Å²) in [6.45, 7) is 4.32. The summed E-state index contributed by atoms with van der Waals surface area (Å²) in [4.78, 5) is 16.1. The average Bonchev–Trinajstić information content (AvgIpc) is 2.85. The predicted molar refractivity (Wildman–Crippen MR) is 73.6 cm³/mol. The van der Waals surface area contributed by atoms with Gasteiger partial charge in [-0.1, -0.05) is 17.7 Å². The molecule has 0 aliphatic carbocycles. The van der Waals surface area contributed by atoms with Crippen LogP contribution in [0.15, 0.2) is 18.2 Å². The van der Waals surface area contributed by atoms with Crippen LogP contribution >= 0.6 is 11.6 Å². The topological polar surface area (TPSA) is 23.6 Å². The van der Waals surface area contributed by atoms with Crippen molar-refractivity contribution in [2.24, 2.45) is 0 Å². The third kappa shape index (κ3) is 2.02. The van der Waals surface area contributed by atoms with Gasteiger partial charge in [0.25, 0.3) is 0 Å². The number of hydrogen-bond acceptors (Lipinski definition) is 3. The first-order valence-electron chi connectivity index (χ1n) is 6.52. The maximum Gasteiger partial charge on any atom is 0.153 e. The standard InChI is InChI=1S/C14H17ClN2O/c15-13-4-1-5-14(12(13)10-18)17-8-7-16-6-2-3-11(16)9-17/h1,4-5,10-11H,2-3,6-9H2. The Hall–Kier alpha value is -1.06. The zero-order chi connectivity index (χ0) is 12.5. The molecule has 2 saturated heterocycles. The quantitative estimate of drug-likeness (QED) is 0.767. The first-order valence-corrected chi connectivity index (χ1v) is 6.90. The van der Waals surface area contributed by atoms with E-state index in [4.69, 9.17) is 11.6 Å². The lowest BCUT2D eigenvalue weighted by atomic mass is 10.1. The molecule has 1 aromatic carbocycles. The number of hydrogen-bond donors (Lipinski definition) is 0. The van der Waals surface area contributed by atoms with Gasteiger partial charge in [-0.2, -0.15) is 0 Å². The molecule has 2 fully saturated rings. The number of rotatable bonds is 2. The van der Waals surface area contributed by atoms with E-state index in [1.165, 1.54) is 19.4 Å². The molecule has 3 nitrogen and oxygen atoms in total. The van der Waals surface area contributed by atoms with E-state index in [0.717, 1.165) is 31.6 Å². The Balaban J connectivity index is 1.87. The van der Waals surface area contributed by atoms with Gasteiger partial charge in [0.2, 0.25) is 0 Å². The maximum atomic E-state index is 11.2. The third-order valence-corrected chi connectivity index (χ3v) is 4.41. The number of halogens is 1. The highest BCUT2D eigenvalue weighted by atomic mass is 35.5. The zero-order valence-corrected chi connectivity index (χ0v) is 11.1. The fourth-order valence-electron chi connectivity index (χ4n) is 3.13. The van der Waals surface area contributed by atoms with Crippen LogP contribution in [-0.2, 0) is 0 Å². The van der Waals surface area contributed by atoms with E-state index < -0.39 is 0 Å². The second-order valence-corrected chi connectivity index (χ2v) is 5.48. The van der Waals surface area contributed by atoms with Crippen molar-refractivity contribution in [2.75, 3.05) is 31.1 Å². The zero-order valence-electron chi connectivity index (χ0n) is 10.3. The Morgan fingerprint density at radius 3 is 3.00 bits per heavy atom. The van der Waals surface area contributed by atoms with E-state index in [9.17, 15) is 4.79 Å². The second kappa shape index (κ2) is 4.90. The molecular formula is C14H17ClN2O. The van der Waals surface area contributed by atoms with Crippen molar-refractivity contribution >= 4 is 23.6 Å². The van der Waals surface area contributed by atoms with Crippen LogP contribution in [0.1, 0.15) is 23.2 Å². The van der Waals surface area contributed by atoms with E-state index in [2.05, 4.69) is 9.80 Å². The van der Waals surface area contributed by atoms with Crippen molar-refractivity contribution in [2.45, 2.75) is 18.9 Å². The lowest BCUT2D eigenvalue weighted by molar-refractivity contribution is 0.112. The van der Waals surface area contributed by atoms with Gasteiger partial charge < -0.3 is 4.90 Å². The van der Waals surface area contributed by atoms with Crippen LogP contribution in [0, 0.1) is 0 Å². The molecule has 0 N–H and O–H groups in total. The molecule has 18 heavy (non-hydrogen) atoms. The Bertz CT molecular complexity index is 463. The molecule has 0 aromatic heterocycles. The summed E-state index contributed by atoms with van der Waals surface area (Å²) in [5.74, 6) is 0. The second-order valence-electron chi connectivity index (χ2n) is 5.07. The van der Waals surface area contributed by atoms with Crippen LogP contribution in [0.3, 0.4) is 0 Å². The first kappa shape index (κ1) is 12.0. The van der Waals surface area contributed by atoms with Gasteiger partial charge in [-0.3, -0.25) is 9.69 Å². The van der Waals surface area contributed by atoms with E-state index in [-0.39, 0.29) is 0 Å². The largest absolute Gasteiger partial charge is 0.368 e. The first-order chi connectivity index (χ1) is 8.79. The molecule has 2 heterocycles. The lowest BCUT2D eigenvalue weighted by Gasteiger charge is -2.39. The highest BCUT2D eigenvalue weighted by Gasteiger charge is 2.31. The molecule has 0 saturated carbocycles. The molecule has 96 valence electrons. The summed E-state index contributed by atoms with van der Waals surface area (Å²) in [5.41, 5.74) is 1.62. The van der Waals surface area contributed by atoms with Crippen molar-refractivity contribution in [1.82, 2.24) is 4.90 Å². The minimum absolute atomic E-state index is 0.552. The van der Waals surface area contributed by atoms with E-state index in [1.807, 2.05) is 12.1 Å². The van der Waals surface area contributed by atoms with Crippen LogP contribution in [0.2, 0.25) is 5.02 Å². The molecule has 3 rings (SSSR count). The summed E-state index contributed by atoms with van der Waals surface area (Å²) >= 11 is 6.09. The number of carbonyl (C=O) groups excluding carboxylic acids is 1. The predicted octanol–water partition coefficient (Wildman–Crippen LogP) is 2.44. The van der Waals surface area contributed by atoms with E-state index >= 15 is 0 Å². The third-order valence-electron chi connectivity index (χ3n) is 4.08. The molecule has 0 bridgehead atoms. The maximum absolute atomic E-state index is 11.2. The number of benzene rings is 1. The molecular weight excluding hydrogens is 248 g/mol. The monoisotopic (exact) mass is 264 g/mol.